The van der Waals surface area contributed by atoms with E-state index in [2.05, 4.69) is 47.9 Å². The highest BCUT2D eigenvalue weighted by atomic mass is 16.5. The summed E-state index contributed by atoms with van der Waals surface area (Å²) in [5, 5.41) is 6.79. The molecule has 0 bridgehead atoms. The van der Waals surface area contributed by atoms with Crippen LogP contribution >= 0.6 is 0 Å². The van der Waals surface area contributed by atoms with E-state index >= 15 is 0 Å². The van der Waals surface area contributed by atoms with Crippen molar-refractivity contribution in [1.82, 2.24) is 0 Å². The number of aryl methyl sites for hydroxylation is 1. The Hall–Kier alpha value is -2.16. The molecule has 0 atom stereocenters. The van der Waals surface area contributed by atoms with Crippen molar-refractivity contribution in [1.29, 1.82) is 0 Å². The summed E-state index contributed by atoms with van der Waals surface area (Å²) >= 11 is 0. The van der Waals surface area contributed by atoms with Crippen molar-refractivity contribution >= 4 is 11.4 Å². The van der Waals surface area contributed by atoms with Crippen molar-refractivity contribution in [3.63, 3.8) is 0 Å². The van der Waals surface area contributed by atoms with Crippen LogP contribution in [0.3, 0.4) is 0 Å². The standard InChI is InChI=1S/C17H22N2O/c1-3-20-17-9-5-8-16(13-17)19-11-10-18-15-7-4-6-14(2)12-15/h4-9,12-13,18-19H,3,10-11H2,1-2H3. The third-order valence-corrected chi connectivity index (χ3v) is 2.95. The van der Waals surface area contributed by atoms with Gasteiger partial charge in [0.05, 0.1) is 6.61 Å². The maximum atomic E-state index is 5.48. The third kappa shape index (κ3) is 4.50. The van der Waals surface area contributed by atoms with Gasteiger partial charge in [0.1, 0.15) is 5.75 Å². The van der Waals surface area contributed by atoms with Crippen LogP contribution in [-0.4, -0.2) is 19.7 Å². The smallest absolute Gasteiger partial charge is 0.121 e. The van der Waals surface area contributed by atoms with E-state index in [1.54, 1.807) is 0 Å². The fourth-order valence-corrected chi connectivity index (χ4v) is 2.03. The molecule has 0 amide bonds. The van der Waals surface area contributed by atoms with Crippen LogP contribution in [0.15, 0.2) is 48.5 Å². The van der Waals surface area contributed by atoms with Crippen molar-refractivity contribution in [3.8, 4) is 5.75 Å². The molecule has 2 N–H and O–H groups in total. The molecule has 20 heavy (non-hydrogen) atoms. The summed E-state index contributed by atoms with van der Waals surface area (Å²) in [7, 11) is 0. The van der Waals surface area contributed by atoms with Crippen LogP contribution in [0.1, 0.15) is 12.5 Å². The molecule has 3 nitrogen and oxygen atoms in total. The summed E-state index contributed by atoms with van der Waals surface area (Å²) in [5.74, 6) is 0.907. The third-order valence-electron chi connectivity index (χ3n) is 2.95. The molecule has 0 unspecified atom stereocenters. The van der Waals surface area contributed by atoms with Gasteiger partial charge in [0.25, 0.3) is 0 Å². The molecule has 0 spiro atoms. The number of ether oxygens (including phenoxy) is 1. The number of benzene rings is 2. The maximum absolute atomic E-state index is 5.48. The van der Waals surface area contributed by atoms with Crippen molar-refractivity contribution in [2.45, 2.75) is 13.8 Å². The molecule has 0 heterocycles. The Morgan fingerprint density at radius 1 is 0.900 bits per heavy atom. The fraction of sp³-hybridized carbons (Fsp3) is 0.294. The molecule has 0 aliphatic rings. The molecule has 0 fully saturated rings. The highest BCUT2D eigenvalue weighted by molar-refractivity contribution is 5.49. The van der Waals surface area contributed by atoms with E-state index in [0.717, 1.165) is 30.2 Å². The van der Waals surface area contributed by atoms with Gasteiger partial charge >= 0.3 is 0 Å². The zero-order chi connectivity index (χ0) is 14.2. The number of hydrogen-bond acceptors (Lipinski definition) is 3. The highest BCUT2D eigenvalue weighted by Crippen LogP contribution is 2.17. The molecule has 2 aromatic carbocycles. The summed E-state index contributed by atoms with van der Waals surface area (Å²) in [6.07, 6.45) is 0. The first-order chi connectivity index (χ1) is 9.78. The minimum absolute atomic E-state index is 0.693. The van der Waals surface area contributed by atoms with Crippen LogP contribution in [0.4, 0.5) is 11.4 Å². The molecular formula is C17H22N2O. The first-order valence-electron chi connectivity index (χ1n) is 7.05. The second-order valence-corrected chi connectivity index (χ2v) is 4.68. The molecule has 106 valence electrons. The topological polar surface area (TPSA) is 33.3 Å². The molecule has 2 aromatic rings. The van der Waals surface area contributed by atoms with Gasteiger partial charge in [0.2, 0.25) is 0 Å². The Labute approximate surface area is 121 Å². The quantitative estimate of drug-likeness (QED) is 0.748. The Bertz CT molecular complexity index is 540. The summed E-state index contributed by atoms with van der Waals surface area (Å²) in [6, 6.07) is 16.4. The summed E-state index contributed by atoms with van der Waals surface area (Å²) < 4.78 is 5.48. The van der Waals surface area contributed by atoms with Gasteiger partial charge in [-0.1, -0.05) is 18.2 Å². The van der Waals surface area contributed by atoms with Crippen LogP contribution < -0.4 is 15.4 Å². The zero-order valence-electron chi connectivity index (χ0n) is 12.1. The van der Waals surface area contributed by atoms with E-state index < -0.39 is 0 Å². The van der Waals surface area contributed by atoms with Crippen molar-refractivity contribution in [2.75, 3.05) is 30.3 Å². The van der Waals surface area contributed by atoms with Crippen LogP contribution in [0.5, 0.6) is 5.75 Å². The van der Waals surface area contributed by atoms with E-state index in [9.17, 15) is 0 Å². The summed E-state index contributed by atoms with van der Waals surface area (Å²) in [6.45, 7) is 6.53. The van der Waals surface area contributed by atoms with Gasteiger partial charge in [0, 0.05) is 30.5 Å². The van der Waals surface area contributed by atoms with Gasteiger partial charge in [0.15, 0.2) is 0 Å². The maximum Gasteiger partial charge on any atom is 0.121 e. The Morgan fingerprint density at radius 2 is 1.55 bits per heavy atom. The van der Waals surface area contributed by atoms with Gasteiger partial charge in [-0.25, -0.2) is 0 Å². The SMILES string of the molecule is CCOc1cccc(NCCNc2cccc(C)c2)c1. The lowest BCUT2D eigenvalue weighted by atomic mass is 10.2. The second kappa shape index (κ2) is 7.43. The molecule has 0 aliphatic carbocycles. The van der Waals surface area contributed by atoms with Crippen molar-refractivity contribution in [2.24, 2.45) is 0 Å². The zero-order valence-corrected chi connectivity index (χ0v) is 12.1. The van der Waals surface area contributed by atoms with Gasteiger partial charge in [-0.15, -0.1) is 0 Å². The Morgan fingerprint density at radius 3 is 2.20 bits per heavy atom. The molecule has 0 radical (unpaired) electrons. The van der Waals surface area contributed by atoms with Gasteiger partial charge in [-0.3, -0.25) is 0 Å². The first-order valence-corrected chi connectivity index (χ1v) is 7.05. The predicted molar refractivity (Wildman–Crippen MR) is 85.8 cm³/mol. The molecule has 2 rings (SSSR count). The fourth-order valence-electron chi connectivity index (χ4n) is 2.03. The van der Waals surface area contributed by atoms with E-state index in [1.165, 1.54) is 5.56 Å². The minimum atomic E-state index is 0.693. The molecule has 0 saturated carbocycles. The summed E-state index contributed by atoms with van der Waals surface area (Å²) in [4.78, 5) is 0. The summed E-state index contributed by atoms with van der Waals surface area (Å²) in [5.41, 5.74) is 3.52. The normalized spacial score (nSPS) is 10.1. The molecule has 0 saturated heterocycles. The Balaban J connectivity index is 1.77. The van der Waals surface area contributed by atoms with Crippen LogP contribution in [0.25, 0.3) is 0 Å². The van der Waals surface area contributed by atoms with Gasteiger partial charge in [-0.05, 0) is 43.7 Å². The minimum Gasteiger partial charge on any atom is -0.494 e. The average Bonchev–Trinajstić information content (AvgIpc) is 2.45. The largest absolute Gasteiger partial charge is 0.494 e. The highest BCUT2D eigenvalue weighted by Gasteiger charge is 1.96. The van der Waals surface area contributed by atoms with E-state index in [0.29, 0.717) is 6.61 Å². The average molecular weight is 270 g/mol. The Kier molecular flexibility index (Phi) is 5.30. The van der Waals surface area contributed by atoms with Crippen LogP contribution in [-0.2, 0) is 0 Å². The van der Waals surface area contributed by atoms with Crippen LogP contribution in [0.2, 0.25) is 0 Å². The van der Waals surface area contributed by atoms with Gasteiger partial charge in [-0.2, -0.15) is 0 Å². The number of nitrogens with one attached hydrogen (secondary N) is 2. The van der Waals surface area contributed by atoms with E-state index in [1.807, 2.05) is 25.1 Å². The van der Waals surface area contributed by atoms with Crippen molar-refractivity contribution in [3.05, 3.63) is 54.1 Å². The van der Waals surface area contributed by atoms with Gasteiger partial charge < -0.3 is 15.4 Å². The second-order valence-electron chi connectivity index (χ2n) is 4.68. The lowest BCUT2D eigenvalue weighted by molar-refractivity contribution is 0.340. The number of anilines is 2. The lowest BCUT2D eigenvalue weighted by Crippen LogP contribution is -2.13. The number of hydrogen-bond donors (Lipinski definition) is 2. The first kappa shape index (κ1) is 14.3. The number of rotatable bonds is 7. The predicted octanol–water partition coefficient (Wildman–Crippen LogP) is 3.92. The molecule has 0 aromatic heterocycles. The van der Waals surface area contributed by atoms with Crippen LogP contribution in [0, 0.1) is 6.92 Å². The van der Waals surface area contributed by atoms with Crippen molar-refractivity contribution < 1.29 is 4.74 Å². The molecular weight excluding hydrogens is 248 g/mol. The van der Waals surface area contributed by atoms with E-state index in [-0.39, 0.29) is 0 Å². The monoisotopic (exact) mass is 270 g/mol. The van der Waals surface area contributed by atoms with E-state index in [4.69, 9.17) is 4.74 Å². The lowest BCUT2D eigenvalue weighted by Gasteiger charge is -2.10. The molecule has 0 aliphatic heterocycles. The molecule has 3 heteroatoms.